The molecule has 7 heteroatoms. The second kappa shape index (κ2) is 6.88. The molecule has 0 saturated carbocycles. The molecule has 0 aliphatic carbocycles. The molecule has 0 aromatic heterocycles. The smallest absolute Gasteiger partial charge is 0.327 e. The van der Waals surface area contributed by atoms with Crippen LogP contribution in [0.4, 0.5) is 0 Å². The van der Waals surface area contributed by atoms with Crippen molar-refractivity contribution in [3.8, 4) is 0 Å². The Labute approximate surface area is 163 Å². The van der Waals surface area contributed by atoms with E-state index in [9.17, 15) is 14.4 Å². The fraction of sp³-hybridized carbons (Fsp3) is 0.571. The molecule has 0 radical (unpaired) electrons. The molecule has 1 amide bonds. The van der Waals surface area contributed by atoms with Gasteiger partial charge in [-0.2, -0.15) is 0 Å². The van der Waals surface area contributed by atoms with Gasteiger partial charge < -0.3 is 19.1 Å². The number of likely N-dealkylation sites (tertiary alicyclic amines) is 1. The van der Waals surface area contributed by atoms with Gasteiger partial charge in [-0.15, -0.1) is 0 Å². The second-order valence-corrected chi connectivity index (χ2v) is 7.63. The van der Waals surface area contributed by atoms with Crippen LogP contribution in [0.1, 0.15) is 32.3 Å². The highest BCUT2D eigenvalue weighted by Crippen LogP contribution is 2.62. The van der Waals surface area contributed by atoms with E-state index in [4.69, 9.17) is 14.2 Å². The molecule has 28 heavy (non-hydrogen) atoms. The summed E-state index contributed by atoms with van der Waals surface area (Å²) >= 11 is 0. The molecule has 0 unspecified atom stereocenters. The largest absolute Gasteiger partial charge is 0.465 e. The van der Waals surface area contributed by atoms with Gasteiger partial charge in [-0.05, 0) is 32.3 Å². The molecule has 1 aromatic rings. The normalized spacial score (nSPS) is 29.6. The van der Waals surface area contributed by atoms with Crippen LogP contribution in [0, 0.1) is 11.3 Å². The zero-order chi connectivity index (χ0) is 19.9. The van der Waals surface area contributed by atoms with E-state index in [1.165, 1.54) is 0 Å². The van der Waals surface area contributed by atoms with Crippen molar-refractivity contribution in [3.05, 3.63) is 35.9 Å². The van der Waals surface area contributed by atoms with Crippen molar-refractivity contribution in [1.29, 1.82) is 0 Å². The van der Waals surface area contributed by atoms with Gasteiger partial charge in [-0.25, -0.2) is 0 Å². The minimum atomic E-state index is -1.72. The van der Waals surface area contributed by atoms with Crippen molar-refractivity contribution >= 4 is 17.8 Å². The molecule has 3 heterocycles. The molecule has 3 aliphatic rings. The van der Waals surface area contributed by atoms with E-state index in [-0.39, 0.29) is 19.1 Å². The standard InChI is InChI=1S/C21H25NO6/c1-3-26-18(24)21(19(25)27-4-2)15-10-11-20(28-15)13-22(17(23)16(20)21)12-14-8-6-5-7-9-14/h5-9,15-16H,3-4,10-13H2,1-2H3/t15-,16+,20-/m0/s1. The molecular weight excluding hydrogens is 362 g/mol. The maximum atomic E-state index is 13.4. The minimum Gasteiger partial charge on any atom is -0.465 e. The number of nitrogens with zero attached hydrogens (tertiary/aromatic N) is 1. The Hall–Kier alpha value is -2.41. The summed E-state index contributed by atoms with van der Waals surface area (Å²) in [5, 5.41) is 0. The summed E-state index contributed by atoms with van der Waals surface area (Å²) in [6, 6.07) is 9.64. The van der Waals surface area contributed by atoms with Crippen LogP contribution in [-0.4, -0.2) is 54.2 Å². The predicted octanol–water partition coefficient (Wildman–Crippen LogP) is 1.69. The molecule has 3 atom stereocenters. The lowest BCUT2D eigenvalue weighted by Crippen LogP contribution is -2.57. The molecule has 7 nitrogen and oxygen atoms in total. The lowest BCUT2D eigenvalue weighted by molar-refractivity contribution is -0.182. The van der Waals surface area contributed by atoms with Crippen LogP contribution in [0.3, 0.4) is 0 Å². The number of hydrogen-bond donors (Lipinski definition) is 0. The Morgan fingerprint density at radius 2 is 1.79 bits per heavy atom. The van der Waals surface area contributed by atoms with Gasteiger partial charge in [0.1, 0.15) is 0 Å². The summed E-state index contributed by atoms with van der Waals surface area (Å²) in [4.78, 5) is 41.2. The van der Waals surface area contributed by atoms with Crippen LogP contribution in [-0.2, 0) is 35.1 Å². The summed E-state index contributed by atoms with van der Waals surface area (Å²) in [7, 11) is 0. The molecule has 2 bridgehead atoms. The van der Waals surface area contributed by atoms with E-state index in [0.717, 1.165) is 5.56 Å². The molecule has 4 rings (SSSR count). The first-order valence-corrected chi connectivity index (χ1v) is 9.84. The van der Waals surface area contributed by atoms with Crippen molar-refractivity contribution in [2.75, 3.05) is 19.8 Å². The Balaban J connectivity index is 1.72. The quantitative estimate of drug-likeness (QED) is 0.546. The molecular formula is C21H25NO6. The van der Waals surface area contributed by atoms with Gasteiger partial charge in [-0.3, -0.25) is 14.4 Å². The van der Waals surface area contributed by atoms with Crippen molar-refractivity contribution in [2.45, 2.75) is 44.9 Å². The maximum absolute atomic E-state index is 13.4. The maximum Gasteiger partial charge on any atom is 0.327 e. The van der Waals surface area contributed by atoms with E-state index in [2.05, 4.69) is 0 Å². The van der Waals surface area contributed by atoms with E-state index in [1.807, 2.05) is 30.3 Å². The number of carbonyl (C=O) groups is 3. The molecule has 0 N–H and O–H groups in total. The van der Waals surface area contributed by atoms with Crippen LogP contribution in [0.15, 0.2) is 30.3 Å². The van der Waals surface area contributed by atoms with Crippen LogP contribution in [0.5, 0.6) is 0 Å². The van der Waals surface area contributed by atoms with E-state index >= 15 is 0 Å². The highest BCUT2D eigenvalue weighted by Gasteiger charge is 2.80. The van der Waals surface area contributed by atoms with Crippen LogP contribution >= 0.6 is 0 Å². The fourth-order valence-electron chi connectivity index (χ4n) is 5.14. The van der Waals surface area contributed by atoms with E-state index < -0.39 is 35.0 Å². The molecule has 1 spiro atoms. The van der Waals surface area contributed by atoms with Gasteiger partial charge in [0.2, 0.25) is 11.3 Å². The number of ether oxygens (including phenoxy) is 3. The fourth-order valence-corrected chi connectivity index (χ4v) is 5.14. The zero-order valence-electron chi connectivity index (χ0n) is 16.2. The first-order chi connectivity index (χ1) is 13.5. The summed E-state index contributed by atoms with van der Waals surface area (Å²) in [6.45, 7) is 4.37. The van der Waals surface area contributed by atoms with Crippen molar-refractivity contribution in [3.63, 3.8) is 0 Å². The zero-order valence-corrected chi connectivity index (χ0v) is 16.2. The molecule has 3 saturated heterocycles. The first kappa shape index (κ1) is 18.9. The Morgan fingerprint density at radius 3 is 2.39 bits per heavy atom. The highest BCUT2D eigenvalue weighted by molar-refractivity contribution is 6.07. The van der Waals surface area contributed by atoms with Gasteiger partial charge in [0.25, 0.3) is 0 Å². The second-order valence-electron chi connectivity index (χ2n) is 7.63. The minimum absolute atomic E-state index is 0.119. The lowest BCUT2D eigenvalue weighted by atomic mass is 9.62. The van der Waals surface area contributed by atoms with Crippen molar-refractivity contribution in [2.24, 2.45) is 11.3 Å². The SMILES string of the molecule is CCOC(=O)C1(C(=O)OCC)[C@@H]2CC[C@@]3(CN(Cc4ccccc4)C(=O)[C@@H]13)O2. The lowest BCUT2D eigenvalue weighted by Gasteiger charge is -2.35. The van der Waals surface area contributed by atoms with Gasteiger partial charge in [-0.1, -0.05) is 30.3 Å². The van der Waals surface area contributed by atoms with E-state index in [1.54, 1.807) is 18.7 Å². The molecule has 1 aromatic carbocycles. The van der Waals surface area contributed by atoms with Gasteiger partial charge in [0, 0.05) is 6.54 Å². The number of fused-ring (bicyclic) bond motifs is 1. The van der Waals surface area contributed by atoms with Gasteiger partial charge >= 0.3 is 11.9 Å². The number of rotatable bonds is 6. The third-order valence-electron chi connectivity index (χ3n) is 6.16. The average molecular weight is 387 g/mol. The number of esters is 2. The number of amides is 1. The van der Waals surface area contributed by atoms with Gasteiger partial charge in [0.05, 0.1) is 37.4 Å². The van der Waals surface area contributed by atoms with Crippen LogP contribution in [0.25, 0.3) is 0 Å². The Bertz CT molecular complexity index is 775. The number of benzene rings is 1. The summed E-state index contributed by atoms with van der Waals surface area (Å²) in [6.07, 6.45) is 0.485. The van der Waals surface area contributed by atoms with E-state index in [0.29, 0.717) is 25.9 Å². The summed E-state index contributed by atoms with van der Waals surface area (Å²) in [5.41, 5.74) is -1.57. The molecule has 3 aliphatic heterocycles. The number of hydrogen-bond acceptors (Lipinski definition) is 6. The monoisotopic (exact) mass is 387 g/mol. The highest BCUT2D eigenvalue weighted by atomic mass is 16.6. The van der Waals surface area contributed by atoms with Crippen molar-refractivity contribution in [1.82, 2.24) is 4.90 Å². The summed E-state index contributed by atoms with van der Waals surface area (Å²) in [5.74, 6) is -2.56. The van der Waals surface area contributed by atoms with Crippen LogP contribution in [0.2, 0.25) is 0 Å². The average Bonchev–Trinajstić information content (AvgIpc) is 3.31. The van der Waals surface area contributed by atoms with Crippen LogP contribution < -0.4 is 0 Å². The van der Waals surface area contributed by atoms with Crippen molar-refractivity contribution < 1.29 is 28.6 Å². The summed E-state index contributed by atoms with van der Waals surface area (Å²) < 4.78 is 16.7. The first-order valence-electron chi connectivity index (χ1n) is 9.84. The predicted molar refractivity (Wildman–Crippen MR) is 97.9 cm³/mol. The Morgan fingerprint density at radius 1 is 1.14 bits per heavy atom. The third kappa shape index (κ3) is 2.49. The Kier molecular flexibility index (Phi) is 4.65. The third-order valence-corrected chi connectivity index (χ3v) is 6.16. The molecule has 150 valence electrons. The molecule has 3 fully saturated rings. The van der Waals surface area contributed by atoms with Gasteiger partial charge in [0.15, 0.2) is 0 Å². The number of carbonyl (C=O) groups excluding carboxylic acids is 3. The topological polar surface area (TPSA) is 82.1 Å².